The summed E-state index contributed by atoms with van der Waals surface area (Å²) in [4.78, 5) is 24.1. The molecule has 0 aromatic heterocycles. The Morgan fingerprint density at radius 2 is 1.88 bits per heavy atom. The van der Waals surface area contributed by atoms with Gasteiger partial charge < -0.3 is 25.7 Å². The zero-order chi connectivity index (χ0) is 24.1. The van der Waals surface area contributed by atoms with Gasteiger partial charge >= 0.3 is 0 Å². The van der Waals surface area contributed by atoms with Gasteiger partial charge in [-0.2, -0.15) is 0 Å². The molecule has 4 atom stereocenters. The fourth-order valence-corrected chi connectivity index (χ4v) is 4.03. The van der Waals surface area contributed by atoms with Crippen LogP contribution < -0.4 is 5.32 Å². The number of aliphatic hydroxyl groups is 4. The third kappa shape index (κ3) is 9.60. The number of Topliss-reactive ketones (excluding diaryl/α,β-unsaturated/α-hetero) is 1. The maximum Gasteiger partial charge on any atom is 0.220 e. The summed E-state index contributed by atoms with van der Waals surface area (Å²) < 4.78 is 0. The summed E-state index contributed by atoms with van der Waals surface area (Å²) in [5.41, 5.74) is 1.16. The first-order valence-corrected chi connectivity index (χ1v) is 11.7. The molecule has 1 aliphatic carbocycles. The van der Waals surface area contributed by atoms with Crippen molar-refractivity contribution in [2.45, 2.75) is 63.2 Å². The molecule has 2 rings (SSSR count). The first-order valence-electron chi connectivity index (χ1n) is 11.7. The van der Waals surface area contributed by atoms with Gasteiger partial charge in [-0.3, -0.25) is 9.59 Å². The van der Waals surface area contributed by atoms with Crippen LogP contribution in [-0.4, -0.2) is 63.6 Å². The van der Waals surface area contributed by atoms with E-state index in [0.29, 0.717) is 25.7 Å². The lowest BCUT2D eigenvalue weighted by atomic mass is 9.90. The van der Waals surface area contributed by atoms with Gasteiger partial charge in [-0.15, -0.1) is 0 Å². The molecule has 0 spiro atoms. The maximum absolute atomic E-state index is 12.3. The summed E-state index contributed by atoms with van der Waals surface area (Å²) in [6.45, 7) is -0.605. The van der Waals surface area contributed by atoms with E-state index in [9.17, 15) is 19.8 Å². The third-order valence-corrected chi connectivity index (χ3v) is 6.00. The zero-order valence-electron chi connectivity index (χ0n) is 19.1. The Kier molecular flexibility index (Phi) is 12.0. The maximum atomic E-state index is 12.3. The number of benzene rings is 1. The van der Waals surface area contributed by atoms with Crippen molar-refractivity contribution < 1.29 is 30.0 Å². The highest BCUT2D eigenvalue weighted by Gasteiger charge is 2.39. The molecule has 7 heteroatoms. The minimum atomic E-state index is -0.733. The molecule has 0 heterocycles. The SMILES string of the molecule is O=C(CCCC=CC[C@H]1C(=O)C[C@@H](O)[C@H]1C=C[C@@H](O)CCc1ccccc1)NC(CO)CO. The van der Waals surface area contributed by atoms with Crippen LogP contribution in [0.2, 0.25) is 0 Å². The van der Waals surface area contributed by atoms with Crippen molar-refractivity contribution in [3.8, 4) is 0 Å². The molecular formula is C26H37NO6. The van der Waals surface area contributed by atoms with E-state index in [1.54, 1.807) is 12.2 Å². The fourth-order valence-electron chi connectivity index (χ4n) is 4.03. The fraction of sp³-hybridized carbons (Fsp3) is 0.538. The highest BCUT2D eigenvalue weighted by Crippen LogP contribution is 2.33. The second kappa shape index (κ2) is 14.8. The number of hydrogen-bond donors (Lipinski definition) is 5. The van der Waals surface area contributed by atoms with Crippen LogP contribution in [0, 0.1) is 11.8 Å². The van der Waals surface area contributed by atoms with Crippen molar-refractivity contribution in [3.63, 3.8) is 0 Å². The zero-order valence-corrected chi connectivity index (χ0v) is 19.1. The molecule has 1 amide bonds. The minimum absolute atomic E-state index is 0.0269. The van der Waals surface area contributed by atoms with Gasteiger partial charge in [-0.25, -0.2) is 0 Å². The number of nitrogens with one attached hydrogen (secondary N) is 1. The molecule has 1 aliphatic rings. The minimum Gasteiger partial charge on any atom is -0.394 e. The second-order valence-corrected chi connectivity index (χ2v) is 8.63. The topological polar surface area (TPSA) is 127 Å². The standard InChI is InChI=1S/C26H37NO6/c28-17-20(18-29)27-26(33)11-7-2-1-6-10-22-23(25(32)16-24(22)31)15-14-21(30)13-12-19-8-4-3-5-9-19/h1,3-6,8-9,14-15,20-23,25,28-30,32H,2,7,10-13,16-18H2,(H,27,33)/t21-,22+,23-,25+/m0/s1. The van der Waals surface area contributed by atoms with Crippen molar-refractivity contribution in [2.75, 3.05) is 13.2 Å². The quantitative estimate of drug-likeness (QED) is 0.213. The van der Waals surface area contributed by atoms with Crippen LogP contribution >= 0.6 is 0 Å². The van der Waals surface area contributed by atoms with Gasteiger partial charge in [0.05, 0.1) is 31.5 Å². The van der Waals surface area contributed by atoms with Gasteiger partial charge in [-0.05, 0) is 37.7 Å². The Morgan fingerprint density at radius 1 is 1.15 bits per heavy atom. The normalized spacial score (nSPS) is 22.0. The van der Waals surface area contributed by atoms with Gasteiger partial charge in [0.25, 0.3) is 0 Å². The Bertz CT molecular complexity index is 774. The number of aryl methyl sites for hydroxylation is 1. The average molecular weight is 460 g/mol. The van der Waals surface area contributed by atoms with Crippen LogP contribution in [0.15, 0.2) is 54.6 Å². The summed E-state index contributed by atoms with van der Waals surface area (Å²) in [7, 11) is 0. The van der Waals surface area contributed by atoms with Gasteiger partial charge in [0, 0.05) is 24.7 Å². The van der Waals surface area contributed by atoms with E-state index in [2.05, 4.69) is 5.32 Å². The summed E-state index contributed by atoms with van der Waals surface area (Å²) >= 11 is 0. The first kappa shape index (κ1) is 26.9. The second-order valence-electron chi connectivity index (χ2n) is 8.63. The van der Waals surface area contributed by atoms with Crippen molar-refractivity contribution in [2.24, 2.45) is 11.8 Å². The number of carbonyl (C=O) groups is 2. The molecule has 0 saturated heterocycles. The van der Waals surface area contributed by atoms with E-state index < -0.39 is 18.2 Å². The Morgan fingerprint density at radius 3 is 2.58 bits per heavy atom. The van der Waals surface area contributed by atoms with Crippen LogP contribution in [0.5, 0.6) is 0 Å². The van der Waals surface area contributed by atoms with E-state index in [1.807, 2.05) is 42.5 Å². The molecule has 182 valence electrons. The third-order valence-electron chi connectivity index (χ3n) is 6.00. The van der Waals surface area contributed by atoms with Crippen LogP contribution in [0.1, 0.15) is 44.1 Å². The van der Waals surface area contributed by atoms with Crippen LogP contribution in [0.4, 0.5) is 0 Å². The lowest BCUT2D eigenvalue weighted by Crippen LogP contribution is -2.39. The predicted octanol–water partition coefficient (Wildman–Crippen LogP) is 1.69. The van der Waals surface area contributed by atoms with E-state index >= 15 is 0 Å². The monoisotopic (exact) mass is 459 g/mol. The molecule has 1 aromatic carbocycles. The van der Waals surface area contributed by atoms with Gasteiger partial charge in [-0.1, -0.05) is 54.6 Å². The number of carbonyl (C=O) groups excluding carboxylic acids is 2. The average Bonchev–Trinajstić information content (AvgIpc) is 3.09. The molecular weight excluding hydrogens is 422 g/mol. The Labute approximate surface area is 195 Å². The molecule has 7 nitrogen and oxygen atoms in total. The number of allylic oxidation sites excluding steroid dienone is 2. The molecule has 0 radical (unpaired) electrons. The number of unbranched alkanes of at least 4 members (excludes halogenated alkanes) is 1. The van der Waals surface area contributed by atoms with Crippen LogP contribution in [0.25, 0.3) is 0 Å². The summed E-state index contributed by atoms with van der Waals surface area (Å²) in [6, 6.07) is 9.30. The highest BCUT2D eigenvalue weighted by molar-refractivity contribution is 5.84. The first-order chi connectivity index (χ1) is 15.9. The molecule has 1 saturated carbocycles. The summed E-state index contributed by atoms with van der Waals surface area (Å²) in [6.07, 6.45) is 9.48. The molecule has 5 N–H and O–H groups in total. The number of rotatable bonds is 14. The van der Waals surface area contributed by atoms with Crippen LogP contribution in [0.3, 0.4) is 0 Å². The van der Waals surface area contributed by atoms with Gasteiger partial charge in [0.2, 0.25) is 5.91 Å². The number of hydrogen-bond acceptors (Lipinski definition) is 6. The Balaban J connectivity index is 1.75. The molecule has 0 bridgehead atoms. The highest BCUT2D eigenvalue weighted by atomic mass is 16.3. The molecule has 1 aromatic rings. The van der Waals surface area contributed by atoms with E-state index in [4.69, 9.17) is 10.2 Å². The van der Waals surface area contributed by atoms with E-state index in [-0.39, 0.29) is 49.6 Å². The van der Waals surface area contributed by atoms with Gasteiger partial charge in [0.15, 0.2) is 0 Å². The lowest BCUT2D eigenvalue weighted by molar-refractivity contribution is -0.122. The van der Waals surface area contributed by atoms with Crippen molar-refractivity contribution in [1.82, 2.24) is 5.32 Å². The molecule has 1 fully saturated rings. The van der Waals surface area contributed by atoms with Gasteiger partial charge in [0.1, 0.15) is 5.78 Å². The Hall–Kier alpha value is -2.32. The van der Waals surface area contributed by atoms with E-state index in [0.717, 1.165) is 12.0 Å². The molecule has 0 aliphatic heterocycles. The summed E-state index contributed by atoms with van der Waals surface area (Å²) in [5.74, 6) is -0.819. The van der Waals surface area contributed by atoms with Crippen molar-refractivity contribution >= 4 is 11.7 Å². The summed E-state index contributed by atoms with van der Waals surface area (Å²) in [5, 5.41) is 41.1. The van der Waals surface area contributed by atoms with E-state index in [1.165, 1.54) is 0 Å². The number of ketones is 1. The number of amides is 1. The lowest BCUT2D eigenvalue weighted by Gasteiger charge is -2.16. The van der Waals surface area contributed by atoms with Crippen molar-refractivity contribution in [3.05, 3.63) is 60.2 Å². The molecule has 33 heavy (non-hydrogen) atoms. The predicted molar refractivity (Wildman–Crippen MR) is 126 cm³/mol. The number of aliphatic hydroxyl groups excluding tert-OH is 4. The van der Waals surface area contributed by atoms with Crippen LogP contribution in [-0.2, 0) is 16.0 Å². The van der Waals surface area contributed by atoms with Crippen molar-refractivity contribution in [1.29, 1.82) is 0 Å². The molecule has 0 unspecified atom stereocenters. The smallest absolute Gasteiger partial charge is 0.220 e. The largest absolute Gasteiger partial charge is 0.394 e.